The predicted molar refractivity (Wildman–Crippen MR) is 57.0 cm³/mol. The van der Waals surface area contributed by atoms with Crippen molar-refractivity contribution < 1.29 is 4.79 Å². The van der Waals surface area contributed by atoms with E-state index in [1.165, 1.54) is 16.8 Å². The zero-order valence-electron chi connectivity index (χ0n) is 9.04. The van der Waals surface area contributed by atoms with Crippen molar-refractivity contribution in [2.45, 2.75) is 6.54 Å². The Morgan fingerprint density at radius 1 is 1.59 bits per heavy atom. The van der Waals surface area contributed by atoms with E-state index in [2.05, 4.69) is 25.9 Å². The summed E-state index contributed by atoms with van der Waals surface area (Å²) in [4.78, 5) is 23.0. The Hall–Kier alpha value is -2.51. The van der Waals surface area contributed by atoms with Crippen molar-refractivity contribution >= 4 is 5.91 Å². The van der Waals surface area contributed by atoms with Crippen LogP contribution >= 0.6 is 0 Å². The molecule has 17 heavy (non-hydrogen) atoms. The molecule has 0 spiro atoms. The lowest BCUT2D eigenvalue weighted by atomic mass is 10.2. The fraction of sp³-hybridized carbons (Fsp3) is 0.222. The molecular weight excluding hydrogens is 224 g/mol. The van der Waals surface area contributed by atoms with Crippen molar-refractivity contribution in [3.8, 4) is 0 Å². The van der Waals surface area contributed by atoms with Crippen molar-refractivity contribution in [2.75, 3.05) is 0 Å². The van der Waals surface area contributed by atoms with Crippen LogP contribution in [0.25, 0.3) is 0 Å². The molecule has 0 aliphatic carbocycles. The van der Waals surface area contributed by atoms with Crippen LogP contribution in [-0.2, 0) is 13.6 Å². The van der Waals surface area contributed by atoms with Gasteiger partial charge in [-0.25, -0.2) is 0 Å². The maximum atomic E-state index is 11.7. The largest absolute Gasteiger partial charge is 0.345 e. The summed E-state index contributed by atoms with van der Waals surface area (Å²) in [6, 6.07) is 2.83. The SMILES string of the molecule is Cn1ccc(C(=O)NCc2nn[nH]n2)cc1=O. The molecule has 0 saturated heterocycles. The van der Waals surface area contributed by atoms with E-state index in [1.807, 2.05) is 0 Å². The lowest BCUT2D eigenvalue weighted by Gasteiger charge is -2.03. The maximum absolute atomic E-state index is 11.7. The van der Waals surface area contributed by atoms with Gasteiger partial charge in [0.05, 0.1) is 6.54 Å². The van der Waals surface area contributed by atoms with Crippen LogP contribution in [0, 0.1) is 0 Å². The molecule has 2 rings (SSSR count). The van der Waals surface area contributed by atoms with E-state index in [0.29, 0.717) is 11.4 Å². The number of H-pyrrole nitrogens is 1. The first kappa shape index (κ1) is 11.0. The molecule has 8 nitrogen and oxygen atoms in total. The standard InChI is InChI=1S/C9H10N6O2/c1-15-3-2-6(4-8(15)16)9(17)10-5-7-11-13-14-12-7/h2-4H,5H2,1H3,(H,10,17)(H,11,12,13,14). The molecule has 8 heteroatoms. The number of carbonyl (C=O) groups is 1. The van der Waals surface area contributed by atoms with E-state index in [9.17, 15) is 9.59 Å². The smallest absolute Gasteiger partial charge is 0.251 e. The van der Waals surface area contributed by atoms with Crippen LogP contribution in [0.15, 0.2) is 23.1 Å². The number of tetrazole rings is 1. The van der Waals surface area contributed by atoms with Crippen LogP contribution < -0.4 is 10.9 Å². The third kappa shape index (κ3) is 2.54. The quantitative estimate of drug-likeness (QED) is 0.696. The zero-order chi connectivity index (χ0) is 12.3. The number of aromatic amines is 1. The van der Waals surface area contributed by atoms with Gasteiger partial charge in [0, 0.05) is 24.9 Å². The van der Waals surface area contributed by atoms with Crippen LogP contribution in [0.2, 0.25) is 0 Å². The van der Waals surface area contributed by atoms with Crippen LogP contribution in [-0.4, -0.2) is 31.1 Å². The molecule has 2 N–H and O–H groups in total. The zero-order valence-corrected chi connectivity index (χ0v) is 9.04. The van der Waals surface area contributed by atoms with E-state index < -0.39 is 0 Å². The number of carbonyl (C=O) groups excluding carboxylic acids is 1. The van der Waals surface area contributed by atoms with Gasteiger partial charge in [0.15, 0.2) is 5.82 Å². The van der Waals surface area contributed by atoms with Gasteiger partial charge >= 0.3 is 0 Å². The number of amides is 1. The molecule has 0 fully saturated rings. The van der Waals surface area contributed by atoms with Crippen LogP contribution in [0.4, 0.5) is 0 Å². The van der Waals surface area contributed by atoms with Gasteiger partial charge in [0.2, 0.25) is 0 Å². The Morgan fingerprint density at radius 3 is 3.06 bits per heavy atom. The van der Waals surface area contributed by atoms with Crippen molar-refractivity contribution in [3.63, 3.8) is 0 Å². The van der Waals surface area contributed by atoms with Crippen molar-refractivity contribution in [2.24, 2.45) is 7.05 Å². The number of nitrogens with zero attached hydrogens (tertiary/aromatic N) is 4. The van der Waals surface area contributed by atoms with E-state index in [0.717, 1.165) is 0 Å². The summed E-state index contributed by atoms with van der Waals surface area (Å²) < 4.78 is 1.38. The highest BCUT2D eigenvalue weighted by Gasteiger charge is 2.07. The third-order valence-corrected chi connectivity index (χ3v) is 2.16. The van der Waals surface area contributed by atoms with Crippen LogP contribution in [0.5, 0.6) is 0 Å². The molecule has 2 aromatic rings. The molecule has 2 aromatic heterocycles. The number of aromatic nitrogens is 5. The second-order valence-corrected chi connectivity index (χ2v) is 3.38. The summed E-state index contributed by atoms with van der Waals surface area (Å²) in [6.45, 7) is 0.157. The highest BCUT2D eigenvalue weighted by Crippen LogP contribution is 1.94. The minimum atomic E-state index is -0.354. The molecule has 0 aliphatic rings. The minimum absolute atomic E-state index is 0.157. The number of hydrogen-bond donors (Lipinski definition) is 2. The van der Waals surface area contributed by atoms with Crippen LogP contribution in [0.3, 0.4) is 0 Å². The van der Waals surface area contributed by atoms with E-state index in [4.69, 9.17) is 0 Å². The lowest BCUT2D eigenvalue weighted by Crippen LogP contribution is -2.26. The summed E-state index contributed by atoms with van der Waals surface area (Å²) in [7, 11) is 1.61. The van der Waals surface area contributed by atoms with Gasteiger partial charge in [-0.1, -0.05) is 5.21 Å². The number of pyridine rings is 1. The second-order valence-electron chi connectivity index (χ2n) is 3.38. The second kappa shape index (κ2) is 4.56. The Labute approximate surface area is 95.7 Å². The maximum Gasteiger partial charge on any atom is 0.251 e. The van der Waals surface area contributed by atoms with Gasteiger partial charge in [-0.3, -0.25) is 9.59 Å². The highest BCUT2D eigenvalue weighted by molar-refractivity contribution is 5.93. The molecule has 0 atom stereocenters. The monoisotopic (exact) mass is 234 g/mol. The van der Waals surface area contributed by atoms with Crippen molar-refractivity contribution in [1.82, 2.24) is 30.5 Å². The average Bonchev–Trinajstić information content (AvgIpc) is 2.82. The topological polar surface area (TPSA) is 106 Å². The van der Waals surface area contributed by atoms with Gasteiger partial charge in [-0.15, -0.1) is 10.2 Å². The summed E-state index contributed by atoms with van der Waals surface area (Å²) in [5.74, 6) is 0.0229. The number of hydrogen-bond acceptors (Lipinski definition) is 5. The van der Waals surface area contributed by atoms with Gasteiger partial charge in [0.1, 0.15) is 0 Å². The fourth-order valence-corrected chi connectivity index (χ4v) is 1.21. The normalized spacial score (nSPS) is 10.2. The third-order valence-electron chi connectivity index (χ3n) is 2.16. The summed E-state index contributed by atoms with van der Waals surface area (Å²) in [5.41, 5.74) is 0.0637. The Morgan fingerprint density at radius 2 is 2.41 bits per heavy atom. The van der Waals surface area contributed by atoms with Gasteiger partial charge in [0.25, 0.3) is 11.5 Å². The van der Waals surface area contributed by atoms with Crippen LogP contribution in [0.1, 0.15) is 16.2 Å². The Balaban J connectivity index is 2.04. The van der Waals surface area contributed by atoms with Gasteiger partial charge in [-0.05, 0) is 6.07 Å². The van der Waals surface area contributed by atoms with Gasteiger partial charge in [-0.2, -0.15) is 5.21 Å². The molecule has 0 unspecified atom stereocenters. The fourth-order valence-electron chi connectivity index (χ4n) is 1.21. The molecule has 0 aromatic carbocycles. The molecule has 0 bridgehead atoms. The number of nitrogens with one attached hydrogen (secondary N) is 2. The Kier molecular flexibility index (Phi) is 2.95. The molecule has 88 valence electrons. The van der Waals surface area contributed by atoms with Crippen molar-refractivity contribution in [1.29, 1.82) is 0 Å². The molecule has 0 aliphatic heterocycles. The Bertz CT molecular complexity index is 573. The average molecular weight is 234 g/mol. The predicted octanol–water partition coefficient (Wildman–Crippen LogP) is -1.17. The number of aryl methyl sites for hydroxylation is 1. The molecule has 0 radical (unpaired) electrons. The molecule has 1 amide bonds. The molecule has 0 saturated carbocycles. The number of rotatable bonds is 3. The first-order valence-electron chi connectivity index (χ1n) is 4.84. The molecule has 2 heterocycles. The van der Waals surface area contributed by atoms with E-state index in [1.54, 1.807) is 13.1 Å². The molecular formula is C9H10N6O2. The first-order chi connectivity index (χ1) is 8.16. The summed E-state index contributed by atoms with van der Waals surface area (Å²) in [5, 5.41) is 15.6. The minimum Gasteiger partial charge on any atom is -0.345 e. The van der Waals surface area contributed by atoms with E-state index >= 15 is 0 Å². The first-order valence-corrected chi connectivity index (χ1v) is 4.84. The van der Waals surface area contributed by atoms with E-state index in [-0.39, 0.29) is 18.0 Å². The van der Waals surface area contributed by atoms with Crippen molar-refractivity contribution in [3.05, 3.63) is 40.1 Å². The lowest BCUT2D eigenvalue weighted by molar-refractivity contribution is 0.0949. The summed E-state index contributed by atoms with van der Waals surface area (Å²) in [6.07, 6.45) is 1.53. The summed E-state index contributed by atoms with van der Waals surface area (Å²) >= 11 is 0. The van der Waals surface area contributed by atoms with Gasteiger partial charge < -0.3 is 9.88 Å². The highest BCUT2D eigenvalue weighted by atomic mass is 16.2.